The maximum Gasteiger partial charge on any atom is 0.254 e. The Morgan fingerprint density at radius 1 is 1.08 bits per heavy atom. The monoisotopic (exact) mass is 369 g/mol. The molecular weight excluding hydrogens is 349 g/mol. The van der Waals surface area contributed by atoms with Crippen LogP contribution in [0.25, 0.3) is 10.2 Å². The number of carbonyl (C=O) groups is 1. The molecule has 4 rings (SSSR count). The average Bonchev–Trinajstić information content (AvgIpc) is 3.11. The number of anilines is 1. The maximum absolute atomic E-state index is 13.4. The van der Waals surface area contributed by atoms with Crippen LogP contribution in [-0.2, 0) is 0 Å². The molecule has 1 aliphatic rings. The number of halogens is 1. The molecule has 0 unspecified atom stereocenters. The fourth-order valence-electron chi connectivity index (χ4n) is 3.29. The number of hydrogen-bond donors (Lipinski definition) is 0. The molecule has 2 aromatic carbocycles. The molecule has 0 radical (unpaired) electrons. The van der Waals surface area contributed by atoms with Gasteiger partial charge in [-0.25, -0.2) is 9.37 Å². The molecule has 26 heavy (non-hydrogen) atoms. The van der Waals surface area contributed by atoms with E-state index in [1.165, 1.54) is 28.0 Å². The highest BCUT2D eigenvalue weighted by Gasteiger charge is 2.24. The minimum Gasteiger partial charge on any atom is -0.345 e. The second-order valence-electron chi connectivity index (χ2n) is 6.66. The molecule has 134 valence electrons. The Morgan fingerprint density at radius 2 is 1.81 bits per heavy atom. The molecule has 1 amide bonds. The fourth-order valence-corrected chi connectivity index (χ4v) is 4.45. The fraction of sp³-hybridized carbons (Fsp3) is 0.300. The van der Waals surface area contributed by atoms with Crippen molar-refractivity contribution in [2.45, 2.75) is 13.8 Å². The minimum absolute atomic E-state index is 0.111. The molecule has 1 saturated heterocycles. The zero-order valence-electron chi connectivity index (χ0n) is 14.8. The van der Waals surface area contributed by atoms with Gasteiger partial charge in [0.1, 0.15) is 5.82 Å². The number of thiazole rings is 1. The first kappa shape index (κ1) is 17.0. The van der Waals surface area contributed by atoms with Gasteiger partial charge in [-0.15, -0.1) is 0 Å². The van der Waals surface area contributed by atoms with Crippen molar-refractivity contribution in [3.05, 3.63) is 58.9 Å². The number of aryl methyl sites for hydroxylation is 2. The van der Waals surface area contributed by atoms with Gasteiger partial charge in [-0.3, -0.25) is 4.79 Å². The van der Waals surface area contributed by atoms with Crippen LogP contribution in [0.1, 0.15) is 21.5 Å². The molecule has 0 spiro atoms. The smallest absolute Gasteiger partial charge is 0.254 e. The van der Waals surface area contributed by atoms with Crippen molar-refractivity contribution in [3.63, 3.8) is 0 Å². The number of rotatable bonds is 2. The summed E-state index contributed by atoms with van der Waals surface area (Å²) in [5.41, 5.74) is 3.91. The third-order valence-electron chi connectivity index (χ3n) is 4.84. The van der Waals surface area contributed by atoms with Crippen LogP contribution in [0.15, 0.2) is 36.4 Å². The normalized spacial score (nSPS) is 14.9. The number of carbonyl (C=O) groups excluding carboxylic acids is 1. The molecule has 0 aliphatic carbocycles. The lowest BCUT2D eigenvalue weighted by atomic mass is 10.1. The van der Waals surface area contributed by atoms with E-state index in [2.05, 4.69) is 30.9 Å². The number of nitrogens with zero attached hydrogens (tertiary/aromatic N) is 3. The molecule has 1 aliphatic heterocycles. The van der Waals surface area contributed by atoms with E-state index in [9.17, 15) is 9.18 Å². The van der Waals surface area contributed by atoms with Crippen molar-refractivity contribution < 1.29 is 9.18 Å². The van der Waals surface area contributed by atoms with Gasteiger partial charge in [0.25, 0.3) is 5.91 Å². The van der Waals surface area contributed by atoms with Crippen LogP contribution in [0.5, 0.6) is 0 Å². The van der Waals surface area contributed by atoms with E-state index in [1.54, 1.807) is 28.4 Å². The molecule has 1 aromatic heterocycles. The van der Waals surface area contributed by atoms with Crippen LogP contribution >= 0.6 is 11.3 Å². The molecule has 0 atom stereocenters. The summed E-state index contributed by atoms with van der Waals surface area (Å²) in [5, 5.41) is 1.01. The number of benzene rings is 2. The minimum atomic E-state index is -0.380. The van der Waals surface area contributed by atoms with Crippen molar-refractivity contribution in [1.82, 2.24) is 9.88 Å². The Kier molecular flexibility index (Phi) is 4.36. The molecule has 4 nitrogen and oxygen atoms in total. The summed E-state index contributed by atoms with van der Waals surface area (Å²) in [6, 6.07) is 10.1. The second kappa shape index (κ2) is 6.68. The van der Waals surface area contributed by atoms with Gasteiger partial charge in [-0.2, -0.15) is 0 Å². The highest BCUT2D eigenvalue weighted by atomic mass is 32.1. The molecule has 0 saturated carbocycles. The summed E-state index contributed by atoms with van der Waals surface area (Å²) in [7, 11) is 0. The van der Waals surface area contributed by atoms with Crippen molar-refractivity contribution in [2.75, 3.05) is 31.1 Å². The van der Waals surface area contributed by atoms with Crippen LogP contribution in [-0.4, -0.2) is 42.0 Å². The van der Waals surface area contributed by atoms with Crippen molar-refractivity contribution >= 4 is 32.6 Å². The molecular formula is C20H20FN3OS. The van der Waals surface area contributed by atoms with Gasteiger partial charge in [0.05, 0.1) is 10.2 Å². The molecule has 0 N–H and O–H groups in total. The largest absolute Gasteiger partial charge is 0.345 e. The SMILES string of the molecule is Cc1ccc(C)c2sc(N3CCN(C(=O)c4cccc(F)c4)CC3)nc12. The van der Waals surface area contributed by atoms with E-state index in [0.717, 1.165) is 23.7 Å². The quantitative estimate of drug-likeness (QED) is 0.685. The Balaban J connectivity index is 1.49. The van der Waals surface area contributed by atoms with Crippen LogP contribution in [0.3, 0.4) is 0 Å². The van der Waals surface area contributed by atoms with E-state index in [0.29, 0.717) is 18.7 Å². The predicted octanol–water partition coefficient (Wildman–Crippen LogP) is 4.01. The van der Waals surface area contributed by atoms with Gasteiger partial charge in [-0.05, 0) is 43.2 Å². The van der Waals surface area contributed by atoms with Gasteiger partial charge in [-0.1, -0.05) is 29.5 Å². The van der Waals surface area contributed by atoms with Gasteiger partial charge >= 0.3 is 0 Å². The number of piperazine rings is 1. The average molecular weight is 369 g/mol. The van der Waals surface area contributed by atoms with E-state index < -0.39 is 0 Å². The molecule has 6 heteroatoms. The van der Waals surface area contributed by atoms with Crippen molar-refractivity contribution in [2.24, 2.45) is 0 Å². The summed E-state index contributed by atoms with van der Waals surface area (Å²) in [5.74, 6) is -0.491. The zero-order chi connectivity index (χ0) is 18.3. The van der Waals surface area contributed by atoms with Crippen LogP contribution < -0.4 is 4.90 Å². The zero-order valence-corrected chi connectivity index (χ0v) is 15.6. The van der Waals surface area contributed by atoms with Crippen molar-refractivity contribution in [1.29, 1.82) is 0 Å². The first-order valence-electron chi connectivity index (χ1n) is 8.69. The van der Waals surface area contributed by atoms with Crippen LogP contribution in [0, 0.1) is 19.7 Å². The summed E-state index contributed by atoms with van der Waals surface area (Å²) >= 11 is 1.71. The van der Waals surface area contributed by atoms with Gasteiger partial charge in [0, 0.05) is 31.7 Å². The Bertz CT molecular complexity index is 937. The standard InChI is InChI=1S/C20H20FN3OS/c1-13-6-7-14(2)18-17(13)22-20(26-18)24-10-8-23(9-11-24)19(25)15-4-3-5-16(21)12-15/h3-7,12H,8-11H2,1-2H3. The van der Waals surface area contributed by atoms with E-state index in [-0.39, 0.29) is 11.7 Å². The molecule has 3 aromatic rings. The summed E-state index contributed by atoms with van der Waals surface area (Å²) in [6.07, 6.45) is 0. The Morgan fingerprint density at radius 3 is 2.50 bits per heavy atom. The lowest BCUT2D eigenvalue weighted by Gasteiger charge is -2.34. The molecule has 1 fully saturated rings. The number of aromatic nitrogens is 1. The second-order valence-corrected chi connectivity index (χ2v) is 7.64. The first-order valence-corrected chi connectivity index (χ1v) is 9.51. The highest BCUT2D eigenvalue weighted by molar-refractivity contribution is 7.22. The topological polar surface area (TPSA) is 36.4 Å². The lowest BCUT2D eigenvalue weighted by Crippen LogP contribution is -2.48. The summed E-state index contributed by atoms with van der Waals surface area (Å²) in [6.45, 7) is 6.89. The van der Waals surface area contributed by atoms with Gasteiger partial charge in [0.15, 0.2) is 5.13 Å². The number of amides is 1. The highest BCUT2D eigenvalue weighted by Crippen LogP contribution is 2.33. The number of fused-ring (bicyclic) bond motifs is 1. The van der Waals surface area contributed by atoms with Crippen LogP contribution in [0.2, 0.25) is 0 Å². The third kappa shape index (κ3) is 3.05. The summed E-state index contributed by atoms with van der Waals surface area (Å²) < 4.78 is 14.6. The van der Waals surface area contributed by atoms with Crippen LogP contribution in [0.4, 0.5) is 9.52 Å². The third-order valence-corrected chi connectivity index (χ3v) is 6.09. The van der Waals surface area contributed by atoms with E-state index in [4.69, 9.17) is 4.98 Å². The summed E-state index contributed by atoms with van der Waals surface area (Å²) in [4.78, 5) is 21.4. The number of hydrogen-bond acceptors (Lipinski definition) is 4. The van der Waals surface area contributed by atoms with Gasteiger partial charge < -0.3 is 9.80 Å². The Labute approximate surface area is 155 Å². The maximum atomic E-state index is 13.4. The Hall–Kier alpha value is -2.47. The van der Waals surface area contributed by atoms with E-state index in [1.807, 2.05) is 0 Å². The van der Waals surface area contributed by atoms with E-state index >= 15 is 0 Å². The van der Waals surface area contributed by atoms with Crippen molar-refractivity contribution in [3.8, 4) is 0 Å². The lowest BCUT2D eigenvalue weighted by molar-refractivity contribution is 0.0746. The first-order chi connectivity index (χ1) is 12.5. The van der Waals surface area contributed by atoms with Gasteiger partial charge in [0.2, 0.25) is 0 Å². The molecule has 0 bridgehead atoms. The predicted molar refractivity (Wildman–Crippen MR) is 104 cm³/mol. The molecule has 2 heterocycles.